The average molecular weight is 396 g/mol. The van der Waals surface area contributed by atoms with E-state index in [9.17, 15) is 9.59 Å². The number of nitrogens with zero attached hydrogens (tertiary/aromatic N) is 3. The molecule has 6 heteroatoms. The summed E-state index contributed by atoms with van der Waals surface area (Å²) in [5, 5.41) is 0.730. The van der Waals surface area contributed by atoms with E-state index >= 15 is 0 Å². The van der Waals surface area contributed by atoms with Crippen LogP contribution in [0.25, 0.3) is 10.2 Å². The van der Waals surface area contributed by atoms with Gasteiger partial charge in [0, 0.05) is 18.0 Å². The SMILES string of the molecule is CCN(Cc1ccccc1)C(=O)Cn1cnc2sc3c(c2c1=O)CC[C@H](C)C3. The molecule has 0 spiro atoms. The second kappa shape index (κ2) is 7.87. The smallest absolute Gasteiger partial charge is 0.262 e. The maximum atomic E-state index is 13.1. The van der Waals surface area contributed by atoms with Crippen LogP contribution in [-0.4, -0.2) is 26.9 Å². The molecule has 2 heterocycles. The second-order valence-electron chi connectivity index (χ2n) is 7.60. The number of amides is 1. The fourth-order valence-corrected chi connectivity index (χ4v) is 5.25. The summed E-state index contributed by atoms with van der Waals surface area (Å²) in [6, 6.07) is 9.92. The van der Waals surface area contributed by atoms with Crippen molar-refractivity contribution in [2.24, 2.45) is 5.92 Å². The number of benzene rings is 1. The van der Waals surface area contributed by atoms with E-state index in [0.717, 1.165) is 40.6 Å². The molecule has 0 bridgehead atoms. The van der Waals surface area contributed by atoms with Gasteiger partial charge in [0.15, 0.2) is 0 Å². The van der Waals surface area contributed by atoms with Gasteiger partial charge >= 0.3 is 0 Å². The van der Waals surface area contributed by atoms with Gasteiger partial charge in [-0.3, -0.25) is 14.2 Å². The highest BCUT2D eigenvalue weighted by molar-refractivity contribution is 7.18. The van der Waals surface area contributed by atoms with Gasteiger partial charge in [-0.25, -0.2) is 4.98 Å². The lowest BCUT2D eigenvalue weighted by Gasteiger charge is -2.21. The first-order valence-corrected chi connectivity index (χ1v) is 10.7. The van der Waals surface area contributed by atoms with Crippen molar-refractivity contribution in [2.75, 3.05) is 6.54 Å². The molecule has 28 heavy (non-hydrogen) atoms. The van der Waals surface area contributed by atoms with Crippen molar-refractivity contribution >= 4 is 27.5 Å². The van der Waals surface area contributed by atoms with Crippen LogP contribution in [0.4, 0.5) is 0 Å². The second-order valence-corrected chi connectivity index (χ2v) is 8.69. The van der Waals surface area contributed by atoms with Crippen molar-refractivity contribution in [3.05, 3.63) is 63.0 Å². The molecule has 0 unspecified atom stereocenters. The Labute approximate surface area is 168 Å². The fourth-order valence-electron chi connectivity index (χ4n) is 3.90. The molecule has 1 aliphatic carbocycles. The topological polar surface area (TPSA) is 55.2 Å². The van der Waals surface area contributed by atoms with Crippen LogP contribution in [0, 0.1) is 5.92 Å². The Morgan fingerprint density at radius 1 is 1.32 bits per heavy atom. The summed E-state index contributed by atoms with van der Waals surface area (Å²) >= 11 is 1.64. The highest BCUT2D eigenvalue weighted by Gasteiger charge is 2.24. The van der Waals surface area contributed by atoms with Crippen LogP contribution < -0.4 is 5.56 Å². The van der Waals surface area contributed by atoms with Gasteiger partial charge in [-0.2, -0.15) is 0 Å². The van der Waals surface area contributed by atoms with E-state index < -0.39 is 0 Å². The molecule has 0 radical (unpaired) electrons. The minimum Gasteiger partial charge on any atom is -0.337 e. The van der Waals surface area contributed by atoms with Crippen LogP contribution in [0.3, 0.4) is 0 Å². The molecule has 5 nitrogen and oxygen atoms in total. The number of hydrogen-bond acceptors (Lipinski definition) is 4. The van der Waals surface area contributed by atoms with Crippen molar-refractivity contribution in [3.63, 3.8) is 0 Å². The summed E-state index contributed by atoms with van der Waals surface area (Å²) in [6.07, 6.45) is 4.59. The van der Waals surface area contributed by atoms with Gasteiger partial charge in [0.25, 0.3) is 5.56 Å². The first-order valence-electron chi connectivity index (χ1n) is 9.88. The largest absolute Gasteiger partial charge is 0.337 e. The zero-order valence-electron chi connectivity index (χ0n) is 16.4. The van der Waals surface area contributed by atoms with Gasteiger partial charge in [-0.1, -0.05) is 37.3 Å². The van der Waals surface area contributed by atoms with Gasteiger partial charge in [0.05, 0.1) is 11.7 Å². The quantitative estimate of drug-likeness (QED) is 0.663. The molecule has 1 aliphatic rings. The van der Waals surface area contributed by atoms with Crippen LogP contribution in [0.5, 0.6) is 0 Å². The molecule has 3 aromatic rings. The first-order chi connectivity index (χ1) is 13.6. The third-order valence-electron chi connectivity index (χ3n) is 5.54. The van der Waals surface area contributed by atoms with E-state index in [0.29, 0.717) is 19.0 Å². The fraction of sp³-hybridized carbons (Fsp3) is 0.409. The Bertz CT molecular complexity index is 1050. The lowest BCUT2D eigenvalue weighted by atomic mass is 9.89. The van der Waals surface area contributed by atoms with Gasteiger partial charge in [-0.15, -0.1) is 11.3 Å². The molecule has 4 rings (SSSR count). The Hall–Kier alpha value is -2.47. The van der Waals surface area contributed by atoms with E-state index in [1.165, 1.54) is 15.8 Å². The summed E-state index contributed by atoms with van der Waals surface area (Å²) in [5.41, 5.74) is 2.16. The third kappa shape index (κ3) is 3.61. The number of hydrogen-bond donors (Lipinski definition) is 0. The number of aryl methyl sites for hydroxylation is 1. The summed E-state index contributed by atoms with van der Waals surface area (Å²) in [4.78, 5) is 34.3. The van der Waals surface area contributed by atoms with Crippen molar-refractivity contribution in [1.82, 2.24) is 14.5 Å². The lowest BCUT2D eigenvalue weighted by molar-refractivity contribution is -0.132. The molecule has 0 saturated carbocycles. The molecule has 1 atom stereocenters. The predicted molar refractivity (Wildman–Crippen MR) is 113 cm³/mol. The van der Waals surface area contributed by atoms with Crippen molar-refractivity contribution in [2.45, 2.75) is 46.2 Å². The Balaban J connectivity index is 1.59. The van der Waals surface area contributed by atoms with Crippen LogP contribution in [0.2, 0.25) is 0 Å². The van der Waals surface area contributed by atoms with Crippen LogP contribution in [0.1, 0.15) is 36.3 Å². The zero-order valence-corrected chi connectivity index (χ0v) is 17.2. The van der Waals surface area contributed by atoms with E-state index in [4.69, 9.17) is 0 Å². The van der Waals surface area contributed by atoms with Crippen molar-refractivity contribution in [3.8, 4) is 0 Å². The Kier molecular flexibility index (Phi) is 5.31. The Morgan fingerprint density at radius 3 is 2.86 bits per heavy atom. The summed E-state index contributed by atoms with van der Waals surface area (Å²) < 4.78 is 1.48. The monoisotopic (exact) mass is 395 g/mol. The molecule has 146 valence electrons. The predicted octanol–water partition coefficient (Wildman–Crippen LogP) is 3.63. The first kappa shape index (κ1) is 18.9. The number of aromatic nitrogens is 2. The molecular formula is C22H25N3O2S. The van der Waals surface area contributed by atoms with Gasteiger partial charge in [-0.05, 0) is 43.2 Å². The van der Waals surface area contributed by atoms with Gasteiger partial charge < -0.3 is 4.90 Å². The molecular weight excluding hydrogens is 370 g/mol. The normalized spacial score (nSPS) is 16.1. The van der Waals surface area contributed by atoms with E-state index in [-0.39, 0.29) is 18.0 Å². The minimum atomic E-state index is -0.0823. The number of carbonyl (C=O) groups excluding carboxylic acids is 1. The average Bonchev–Trinajstić information content (AvgIpc) is 3.07. The number of carbonyl (C=O) groups is 1. The molecule has 1 aromatic carbocycles. The van der Waals surface area contributed by atoms with Crippen LogP contribution in [-0.2, 0) is 30.7 Å². The molecule has 0 aliphatic heterocycles. The van der Waals surface area contributed by atoms with Gasteiger partial charge in [0.2, 0.25) is 5.91 Å². The molecule has 2 aromatic heterocycles. The van der Waals surface area contributed by atoms with Gasteiger partial charge in [0.1, 0.15) is 11.4 Å². The summed E-state index contributed by atoms with van der Waals surface area (Å²) in [7, 11) is 0. The molecule has 1 amide bonds. The van der Waals surface area contributed by atoms with E-state index in [1.807, 2.05) is 37.3 Å². The van der Waals surface area contributed by atoms with Crippen molar-refractivity contribution in [1.29, 1.82) is 0 Å². The summed E-state index contributed by atoms with van der Waals surface area (Å²) in [5.74, 6) is 0.591. The van der Waals surface area contributed by atoms with E-state index in [2.05, 4.69) is 11.9 Å². The van der Waals surface area contributed by atoms with E-state index in [1.54, 1.807) is 16.2 Å². The number of thiophene rings is 1. The number of likely N-dealkylation sites (N-methyl/N-ethyl adjacent to an activating group) is 1. The highest BCUT2D eigenvalue weighted by atomic mass is 32.1. The summed E-state index contributed by atoms with van der Waals surface area (Å²) in [6.45, 7) is 5.39. The maximum absolute atomic E-state index is 13.1. The van der Waals surface area contributed by atoms with Crippen molar-refractivity contribution < 1.29 is 4.79 Å². The maximum Gasteiger partial charge on any atom is 0.262 e. The zero-order chi connectivity index (χ0) is 19.7. The Morgan fingerprint density at radius 2 is 2.11 bits per heavy atom. The molecule has 0 saturated heterocycles. The highest BCUT2D eigenvalue weighted by Crippen LogP contribution is 2.35. The van der Waals surface area contributed by atoms with Crippen LogP contribution >= 0.6 is 11.3 Å². The third-order valence-corrected chi connectivity index (χ3v) is 6.70. The number of fused-ring (bicyclic) bond motifs is 3. The number of rotatable bonds is 5. The molecule has 0 fully saturated rings. The minimum absolute atomic E-state index is 0.0312. The standard InChI is InChI=1S/C22H25N3O2S/c1-3-24(12-16-7-5-4-6-8-16)19(26)13-25-14-23-21-20(22(25)27)17-10-9-15(2)11-18(17)28-21/h4-8,14-15H,3,9-13H2,1-2H3/t15-/m0/s1. The van der Waals surface area contributed by atoms with Crippen LogP contribution in [0.15, 0.2) is 41.5 Å². The molecule has 0 N–H and O–H groups in total. The lowest BCUT2D eigenvalue weighted by Crippen LogP contribution is -2.36.